The molecule has 1 aliphatic rings. The standard InChI is InChI=1S/C34H26O5/c1-35-23-12-8-21(9-13-23)34(22-10-14-24(36-2)15-11-22)19-18-29-31-28-17-16-25(37-3)20-30(28)38-33(31)27-7-5-4-6-26(27)32(29)39-34/h4-20H,1-3H3. The van der Waals surface area contributed by atoms with E-state index < -0.39 is 5.60 Å². The van der Waals surface area contributed by atoms with Gasteiger partial charge in [-0.25, -0.2) is 0 Å². The van der Waals surface area contributed by atoms with Gasteiger partial charge in [0.2, 0.25) is 0 Å². The van der Waals surface area contributed by atoms with Crippen molar-refractivity contribution in [2.75, 3.05) is 21.3 Å². The van der Waals surface area contributed by atoms with Crippen LogP contribution in [0.25, 0.3) is 38.8 Å². The van der Waals surface area contributed by atoms with E-state index in [-0.39, 0.29) is 0 Å². The van der Waals surface area contributed by atoms with Crippen molar-refractivity contribution < 1.29 is 23.4 Å². The zero-order chi connectivity index (χ0) is 26.6. The summed E-state index contributed by atoms with van der Waals surface area (Å²) in [7, 11) is 5.00. The summed E-state index contributed by atoms with van der Waals surface area (Å²) in [5.74, 6) is 3.14. The topological polar surface area (TPSA) is 50.1 Å². The maximum atomic E-state index is 7.19. The molecule has 1 aliphatic heterocycles. The minimum atomic E-state index is -0.870. The van der Waals surface area contributed by atoms with E-state index in [9.17, 15) is 0 Å². The highest BCUT2D eigenvalue weighted by Gasteiger charge is 2.39. The van der Waals surface area contributed by atoms with Gasteiger partial charge in [-0.1, -0.05) is 48.5 Å². The molecule has 0 bridgehead atoms. The highest BCUT2D eigenvalue weighted by molar-refractivity contribution is 6.21. The number of ether oxygens (including phenoxy) is 4. The van der Waals surface area contributed by atoms with Crippen LogP contribution in [-0.2, 0) is 5.60 Å². The lowest BCUT2D eigenvalue weighted by molar-refractivity contribution is 0.164. The molecule has 5 aromatic carbocycles. The monoisotopic (exact) mass is 514 g/mol. The first-order chi connectivity index (χ1) is 19.1. The van der Waals surface area contributed by atoms with Crippen LogP contribution in [0.4, 0.5) is 0 Å². The SMILES string of the molecule is COc1ccc(C2(c3ccc(OC)cc3)C=Cc3c(c4ccccc4c4oc5cc(OC)ccc5c34)O2)cc1. The normalized spacial score (nSPS) is 13.8. The van der Waals surface area contributed by atoms with Crippen molar-refractivity contribution in [1.82, 2.24) is 0 Å². The van der Waals surface area contributed by atoms with E-state index >= 15 is 0 Å². The summed E-state index contributed by atoms with van der Waals surface area (Å²) in [5.41, 5.74) is 3.71. The van der Waals surface area contributed by atoms with Crippen molar-refractivity contribution in [1.29, 1.82) is 0 Å². The number of fused-ring (bicyclic) bond motifs is 8. The molecule has 0 fully saturated rings. The zero-order valence-corrected chi connectivity index (χ0v) is 21.9. The Labute approximate surface area is 225 Å². The second kappa shape index (κ2) is 8.84. The van der Waals surface area contributed by atoms with Crippen molar-refractivity contribution in [3.05, 3.63) is 114 Å². The smallest absolute Gasteiger partial charge is 0.178 e. The molecule has 0 aliphatic carbocycles. The number of furan rings is 1. The molecule has 0 unspecified atom stereocenters. The Morgan fingerprint density at radius 3 is 1.82 bits per heavy atom. The largest absolute Gasteiger partial charge is 0.497 e. The van der Waals surface area contributed by atoms with Gasteiger partial charge >= 0.3 is 0 Å². The summed E-state index contributed by atoms with van der Waals surface area (Å²) < 4.78 is 30.0. The Balaban J connectivity index is 1.53. The molecule has 0 saturated carbocycles. The summed E-state index contributed by atoms with van der Waals surface area (Å²) >= 11 is 0. The van der Waals surface area contributed by atoms with Crippen molar-refractivity contribution >= 4 is 38.8 Å². The van der Waals surface area contributed by atoms with Crippen LogP contribution in [0.15, 0.2) is 101 Å². The van der Waals surface area contributed by atoms with Crippen LogP contribution in [-0.4, -0.2) is 21.3 Å². The summed E-state index contributed by atoms with van der Waals surface area (Å²) in [6.07, 6.45) is 4.30. The Bertz CT molecular complexity index is 1830. The maximum absolute atomic E-state index is 7.19. The van der Waals surface area contributed by atoms with Crippen LogP contribution in [0.1, 0.15) is 16.7 Å². The molecule has 2 heterocycles. The first-order valence-electron chi connectivity index (χ1n) is 12.8. The molecule has 5 heteroatoms. The molecule has 192 valence electrons. The van der Waals surface area contributed by atoms with Crippen LogP contribution in [0.5, 0.6) is 23.0 Å². The average Bonchev–Trinajstić information content (AvgIpc) is 3.40. The second-order valence-corrected chi connectivity index (χ2v) is 9.58. The molecule has 6 aromatic rings. The molecule has 0 radical (unpaired) electrons. The van der Waals surface area contributed by atoms with Gasteiger partial charge in [0, 0.05) is 44.3 Å². The summed E-state index contributed by atoms with van der Waals surface area (Å²) in [4.78, 5) is 0. The third-order valence-electron chi connectivity index (χ3n) is 7.61. The number of rotatable bonds is 5. The maximum Gasteiger partial charge on any atom is 0.178 e. The van der Waals surface area contributed by atoms with Crippen molar-refractivity contribution in [2.45, 2.75) is 5.60 Å². The third-order valence-corrected chi connectivity index (χ3v) is 7.61. The van der Waals surface area contributed by atoms with Gasteiger partial charge in [-0.3, -0.25) is 0 Å². The highest BCUT2D eigenvalue weighted by Crippen LogP contribution is 2.50. The lowest BCUT2D eigenvalue weighted by Crippen LogP contribution is -2.34. The first-order valence-corrected chi connectivity index (χ1v) is 12.8. The predicted molar refractivity (Wildman–Crippen MR) is 154 cm³/mol. The lowest BCUT2D eigenvalue weighted by atomic mass is 9.82. The van der Waals surface area contributed by atoms with Gasteiger partial charge in [0.25, 0.3) is 0 Å². The fourth-order valence-corrected chi connectivity index (χ4v) is 5.62. The summed E-state index contributed by atoms with van der Waals surface area (Å²) in [5, 5.41) is 4.02. The molecule has 0 spiro atoms. The van der Waals surface area contributed by atoms with Gasteiger partial charge in [0.15, 0.2) is 5.60 Å². The summed E-state index contributed by atoms with van der Waals surface area (Å²) in [6, 6.07) is 30.3. The number of methoxy groups -OCH3 is 3. The fraction of sp³-hybridized carbons (Fsp3) is 0.118. The van der Waals surface area contributed by atoms with Crippen LogP contribution in [0.2, 0.25) is 0 Å². The number of benzene rings is 5. The quantitative estimate of drug-likeness (QED) is 0.233. The van der Waals surface area contributed by atoms with Crippen LogP contribution in [0.3, 0.4) is 0 Å². The van der Waals surface area contributed by atoms with E-state index in [1.807, 2.05) is 48.5 Å². The van der Waals surface area contributed by atoms with E-state index in [4.69, 9.17) is 23.4 Å². The molecular weight excluding hydrogens is 488 g/mol. The highest BCUT2D eigenvalue weighted by atomic mass is 16.5. The Morgan fingerprint density at radius 2 is 1.21 bits per heavy atom. The molecular formula is C34H26O5. The molecule has 7 rings (SSSR count). The van der Waals surface area contributed by atoms with Crippen LogP contribution in [0, 0.1) is 0 Å². The minimum absolute atomic E-state index is 0.754. The van der Waals surface area contributed by atoms with Crippen molar-refractivity contribution in [2.24, 2.45) is 0 Å². The van der Waals surface area contributed by atoms with Gasteiger partial charge in [-0.2, -0.15) is 0 Å². The Kier molecular flexibility index (Phi) is 5.27. The molecule has 5 nitrogen and oxygen atoms in total. The van der Waals surface area contributed by atoms with E-state index in [0.717, 1.165) is 72.4 Å². The fourth-order valence-electron chi connectivity index (χ4n) is 5.62. The molecule has 39 heavy (non-hydrogen) atoms. The minimum Gasteiger partial charge on any atom is -0.497 e. The van der Waals surface area contributed by atoms with Gasteiger partial charge in [-0.15, -0.1) is 0 Å². The van der Waals surface area contributed by atoms with E-state index in [2.05, 4.69) is 54.6 Å². The van der Waals surface area contributed by atoms with E-state index in [1.165, 1.54) is 0 Å². The van der Waals surface area contributed by atoms with Gasteiger partial charge in [-0.05, 0) is 48.6 Å². The average molecular weight is 515 g/mol. The molecule has 0 saturated heterocycles. The zero-order valence-electron chi connectivity index (χ0n) is 21.9. The lowest BCUT2D eigenvalue weighted by Gasteiger charge is -2.37. The first kappa shape index (κ1) is 23.2. The molecule has 1 aromatic heterocycles. The second-order valence-electron chi connectivity index (χ2n) is 9.58. The van der Waals surface area contributed by atoms with E-state index in [0.29, 0.717) is 0 Å². The van der Waals surface area contributed by atoms with Gasteiger partial charge in [0.05, 0.1) is 21.3 Å². The Hall–Kier alpha value is -4.90. The molecule has 0 atom stereocenters. The van der Waals surface area contributed by atoms with Gasteiger partial charge < -0.3 is 23.4 Å². The predicted octanol–water partition coefficient (Wildman–Crippen LogP) is 8.11. The number of hydrogen-bond acceptors (Lipinski definition) is 5. The molecule has 0 N–H and O–H groups in total. The van der Waals surface area contributed by atoms with Crippen LogP contribution < -0.4 is 18.9 Å². The summed E-state index contributed by atoms with van der Waals surface area (Å²) in [6.45, 7) is 0. The van der Waals surface area contributed by atoms with Crippen LogP contribution >= 0.6 is 0 Å². The van der Waals surface area contributed by atoms with Crippen molar-refractivity contribution in [3.8, 4) is 23.0 Å². The third kappa shape index (κ3) is 3.47. The molecule has 0 amide bonds. The Morgan fingerprint density at radius 1 is 0.615 bits per heavy atom. The van der Waals surface area contributed by atoms with Gasteiger partial charge in [0.1, 0.15) is 34.2 Å². The van der Waals surface area contributed by atoms with E-state index in [1.54, 1.807) is 21.3 Å². The number of hydrogen-bond donors (Lipinski definition) is 0. The van der Waals surface area contributed by atoms with Crippen molar-refractivity contribution in [3.63, 3.8) is 0 Å².